The van der Waals surface area contributed by atoms with Crippen molar-refractivity contribution in [3.63, 3.8) is 0 Å². The van der Waals surface area contributed by atoms with Gasteiger partial charge in [-0.2, -0.15) is 0 Å². The first kappa shape index (κ1) is 20.4. The zero-order chi connectivity index (χ0) is 19.9. The molecular formula is C24H34O2. The van der Waals surface area contributed by atoms with Gasteiger partial charge in [0.15, 0.2) is 0 Å². The van der Waals surface area contributed by atoms with E-state index in [-0.39, 0.29) is 10.8 Å². The van der Waals surface area contributed by atoms with Crippen LogP contribution in [0.15, 0.2) is 24.3 Å². The van der Waals surface area contributed by atoms with E-state index in [2.05, 4.69) is 79.7 Å². The van der Waals surface area contributed by atoms with Crippen molar-refractivity contribution in [1.82, 2.24) is 0 Å². The maximum Gasteiger partial charge on any atom is 0.119 e. The van der Waals surface area contributed by atoms with E-state index in [0.717, 1.165) is 11.5 Å². The molecule has 0 radical (unpaired) electrons. The summed E-state index contributed by atoms with van der Waals surface area (Å²) < 4.78 is 11.3. The minimum atomic E-state index is 0.0486. The SMILES string of the molecule is COc1cc(-c2cc(OC)cc(C(C)(C)C)c2C)c(C)c(C(C)(C)C)c1. The summed E-state index contributed by atoms with van der Waals surface area (Å²) in [4.78, 5) is 0. The molecular weight excluding hydrogens is 320 g/mol. The topological polar surface area (TPSA) is 18.5 Å². The molecule has 2 heteroatoms. The van der Waals surface area contributed by atoms with Crippen LogP contribution in [0.1, 0.15) is 63.8 Å². The maximum atomic E-state index is 5.63. The van der Waals surface area contributed by atoms with Crippen molar-refractivity contribution in [2.75, 3.05) is 14.2 Å². The number of hydrogen-bond donors (Lipinski definition) is 0. The van der Waals surface area contributed by atoms with Crippen LogP contribution in [0.5, 0.6) is 11.5 Å². The molecule has 0 unspecified atom stereocenters. The minimum absolute atomic E-state index is 0.0486. The second-order valence-electron chi connectivity index (χ2n) is 9.20. The van der Waals surface area contributed by atoms with Crippen LogP contribution in [-0.2, 0) is 10.8 Å². The molecule has 0 fully saturated rings. The van der Waals surface area contributed by atoms with Gasteiger partial charge in [-0.1, -0.05) is 41.5 Å². The van der Waals surface area contributed by atoms with Gasteiger partial charge in [0.05, 0.1) is 14.2 Å². The van der Waals surface area contributed by atoms with Gasteiger partial charge >= 0.3 is 0 Å². The van der Waals surface area contributed by atoms with E-state index in [1.54, 1.807) is 14.2 Å². The van der Waals surface area contributed by atoms with Gasteiger partial charge in [0.25, 0.3) is 0 Å². The van der Waals surface area contributed by atoms with E-state index >= 15 is 0 Å². The lowest BCUT2D eigenvalue weighted by Gasteiger charge is -2.28. The van der Waals surface area contributed by atoms with Gasteiger partial charge in [-0.25, -0.2) is 0 Å². The lowest BCUT2D eigenvalue weighted by Crippen LogP contribution is -2.15. The minimum Gasteiger partial charge on any atom is -0.497 e. The number of ether oxygens (including phenoxy) is 2. The second kappa shape index (κ2) is 6.98. The Morgan fingerprint density at radius 2 is 0.885 bits per heavy atom. The largest absolute Gasteiger partial charge is 0.497 e. The Hall–Kier alpha value is -1.96. The Bertz CT molecular complexity index is 733. The van der Waals surface area contributed by atoms with Gasteiger partial charge in [0.2, 0.25) is 0 Å². The second-order valence-corrected chi connectivity index (χ2v) is 9.20. The Morgan fingerprint density at radius 3 is 1.12 bits per heavy atom. The fourth-order valence-corrected chi connectivity index (χ4v) is 3.73. The lowest BCUT2D eigenvalue weighted by atomic mass is 9.78. The van der Waals surface area contributed by atoms with Crippen LogP contribution in [0.2, 0.25) is 0 Å². The highest BCUT2D eigenvalue weighted by Gasteiger charge is 2.24. The summed E-state index contributed by atoms with van der Waals surface area (Å²) in [5, 5.41) is 0. The first-order valence-electron chi connectivity index (χ1n) is 9.28. The Balaban J connectivity index is 2.88. The predicted octanol–water partition coefficient (Wildman–Crippen LogP) is 6.58. The molecule has 0 spiro atoms. The molecule has 0 heterocycles. The van der Waals surface area contributed by atoms with Gasteiger partial charge in [-0.3, -0.25) is 0 Å². The zero-order valence-corrected chi connectivity index (χ0v) is 18.1. The molecule has 2 aromatic carbocycles. The van der Waals surface area contributed by atoms with Crippen LogP contribution in [0.3, 0.4) is 0 Å². The van der Waals surface area contributed by atoms with Crippen LogP contribution in [0.4, 0.5) is 0 Å². The van der Waals surface area contributed by atoms with Gasteiger partial charge in [0.1, 0.15) is 11.5 Å². The fraction of sp³-hybridized carbons (Fsp3) is 0.500. The molecule has 0 aromatic heterocycles. The van der Waals surface area contributed by atoms with Crippen molar-refractivity contribution in [3.05, 3.63) is 46.5 Å². The molecule has 0 aliphatic carbocycles. The highest BCUT2D eigenvalue weighted by molar-refractivity contribution is 5.76. The highest BCUT2D eigenvalue weighted by atomic mass is 16.5. The predicted molar refractivity (Wildman–Crippen MR) is 112 cm³/mol. The van der Waals surface area contributed by atoms with Crippen molar-refractivity contribution in [2.45, 2.75) is 66.2 Å². The fourth-order valence-electron chi connectivity index (χ4n) is 3.73. The van der Waals surface area contributed by atoms with E-state index in [1.165, 1.54) is 33.4 Å². The standard InChI is InChI=1S/C24H34O2/c1-15-19(11-17(25-9)13-21(15)23(3,4)5)20-12-18(26-10)14-22(16(20)2)24(6,7)8/h11-14H,1-10H3. The first-order valence-corrected chi connectivity index (χ1v) is 9.28. The van der Waals surface area contributed by atoms with Crippen molar-refractivity contribution in [2.24, 2.45) is 0 Å². The quantitative estimate of drug-likeness (QED) is 0.619. The van der Waals surface area contributed by atoms with Crippen LogP contribution >= 0.6 is 0 Å². The van der Waals surface area contributed by atoms with Gasteiger partial charge in [0, 0.05) is 0 Å². The maximum absolute atomic E-state index is 5.63. The first-order chi connectivity index (χ1) is 11.9. The van der Waals surface area contributed by atoms with Gasteiger partial charge in [-0.05, 0) is 82.3 Å². The Kier molecular flexibility index (Phi) is 5.46. The van der Waals surface area contributed by atoms with E-state index in [4.69, 9.17) is 9.47 Å². The van der Waals surface area contributed by atoms with Crippen molar-refractivity contribution in [1.29, 1.82) is 0 Å². The summed E-state index contributed by atoms with van der Waals surface area (Å²) in [7, 11) is 3.47. The molecule has 2 nitrogen and oxygen atoms in total. The summed E-state index contributed by atoms with van der Waals surface area (Å²) in [6.07, 6.45) is 0. The number of benzene rings is 2. The molecule has 142 valence electrons. The molecule has 26 heavy (non-hydrogen) atoms. The van der Waals surface area contributed by atoms with Crippen LogP contribution in [0.25, 0.3) is 11.1 Å². The number of methoxy groups -OCH3 is 2. The van der Waals surface area contributed by atoms with Crippen molar-refractivity contribution >= 4 is 0 Å². The third-order valence-corrected chi connectivity index (χ3v) is 5.14. The summed E-state index contributed by atoms with van der Waals surface area (Å²) in [6, 6.07) is 8.63. The van der Waals surface area contributed by atoms with Gasteiger partial charge < -0.3 is 9.47 Å². The van der Waals surface area contributed by atoms with Crippen molar-refractivity contribution in [3.8, 4) is 22.6 Å². The van der Waals surface area contributed by atoms with E-state index in [9.17, 15) is 0 Å². The molecule has 0 N–H and O–H groups in total. The molecule has 0 saturated carbocycles. The summed E-state index contributed by atoms with van der Waals surface area (Å²) >= 11 is 0. The molecule has 0 amide bonds. The molecule has 2 rings (SSSR count). The van der Waals surface area contributed by atoms with Gasteiger partial charge in [-0.15, -0.1) is 0 Å². The molecule has 0 atom stereocenters. The molecule has 0 bridgehead atoms. The zero-order valence-electron chi connectivity index (χ0n) is 18.1. The molecule has 2 aromatic rings. The van der Waals surface area contributed by atoms with Crippen LogP contribution in [-0.4, -0.2) is 14.2 Å². The Labute approximate surface area is 159 Å². The molecule has 0 aliphatic rings. The van der Waals surface area contributed by atoms with Crippen LogP contribution in [0, 0.1) is 13.8 Å². The summed E-state index contributed by atoms with van der Waals surface area (Å²) in [5.41, 5.74) is 7.76. The normalized spacial score (nSPS) is 12.2. The molecule has 0 saturated heterocycles. The highest BCUT2D eigenvalue weighted by Crippen LogP contribution is 2.41. The summed E-state index contributed by atoms with van der Waals surface area (Å²) in [6.45, 7) is 17.9. The lowest BCUT2D eigenvalue weighted by molar-refractivity contribution is 0.412. The van der Waals surface area contributed by atoms with E-state index in [0.29, 0.717) is 0 Å². The third-order valence-electron chi connectivity index (χ3n) is 5.14. The Morgan fingerprint density at radius 1 is 0.577 bits per heavy atom. The summed E-state index contributed by atoms with van der Waals surface area (Å²) in [5.74, 6) is 1.80. The third kappa shape index (κ3) is 3.90. The average Bonchev–Trinajstić information content (AvgIpc) is 2.53. The molecule has 0 aliphatic heterocycles. The van der Waals surface area contributed by atoms with E-state index in [1.807, 2.05) is 0 Å². The van der Waals surface area contributed by atoms with E-state index < -0.39 is 0 Å². The number of hydrogen-bond acceptors (Lipinski definition) is 2. The monoisotopic (exact) mass is 354 g/mol. The van der Waals surface area contributed by atoms with Crippen molar-refractivity contribution < 1.29 is 9.47 Å². The van der Waals surface area contributed by atoms with Crippen LogP contribution < -0.4 is 9.47 Å². The average molecular weight is 355 g/mol. The smallest absolute Gasteiger partial charge is 0.119 e. The number of rotatable bonds is 3.